The molecule has 0 aromatic carbocycles. The van der Waals surface area contributed by atoms with E-state index in [4.69, 9.17) is 0 Å². The number of anilines is 1. The van der Waals surface area contributed by atoms with Crippen molar-refractivity contribution in [3.63, 3.8) is 0 Å². The summed E-state index contributed by atoms with van der Waals surface area (Å²) in [5.74, 6) is 0.703. The van der Waals surface area contributed by atoms with E-state index >= 15 is 0 Å². The third-order valence-corrected chi connectivity index (χ3v) is 2.66. The Balaban J connectivity index is 1.73. The predicted molar refractivity (Wildman–Crippen MR) is 71.4 cm³/mol. The number of hydrogen-bond acceptors (Lipinski definition) is 6. The second kappa shape index (κ2) is 4.89. The molecule has 0 aliphatic carbocycles. The fourth-order valence-electron chi connectivity index (χ4n) is 1.80. The van der Waals surface area contributed by atoms with E-state index in [1.807, 2.05) is 25.1 Å². The summed E-state index contributed by atoms with van der Waals surface area (Å²) in [4.78, 5) is 8.14. The topological polar surface area (TPSA) is 80.0 Å². The molecule has 0 bridgehead atoms. The van der Waals surface area contributed by atoms with Crippen LogP contribution in [0.4, 0.5) is 5.95 Å². The Morgan fingerprint density at radius 2 is 2.47 bits per heavy atom. The van der Waals surface area contributed by atoms with E-state index in [2.05, 4.69) is 30.9 Å². The molecule has 0 fully saturated rings. The van der Waals surface area contributed by atoms with Gasteiger partial charge in [-0.25, -0.2) is 4.68 Å². The fourth-order valence-corrected chi connectivity index (χ4v) is 1.80. The van der Waals surface area contributed by atoms with Crippen LogP contribution in [-0.4, -0.2) is 26.0 Å². The van der Waals surface area contributed by atoms with Gasteiger partial charge >= 0.3 is 0 Å². The number of nitrogens with zero attached hydrogens (tertiary/aromatic N) is 5. The SMILES string of the molecule is CC1=CC(N/N=C/c2cccnc2)n2ncnc2N1. The van der Waals surface area contributed by atoms with E-state index in [0.717, 1.165) is 11.3 Å². The molecule has 3 rings (SSSR count). The molecule has 0 radical (unpaired) electrons. The Kier molecular flexibility index (Phi) is 2.93. The van der Waals surface area contributed by atoms with Crippen molar-refractivity contribution in [2.24, 2.45) is 5.10 Å². The minimum absolute atomic E-state index is 0.147. The molecule has 0 saturated heterocycles. The van der Waals surface area contributed by atoms with Crippen LogP contribution in [0, 0.1) is 0 Å². The average Bonchev–Trinajstić information content (AvgIpc) is 2.88. The summed E-state index contributed by atoms with van der Waals surface area (Å²) < 4.78 is 1.73. The van der Waals surface area contributed by atoms with Gasteiger partial charge in [-0.05, 0) is 19.1 Å². The van der Waals surface area contributed by atoms with E-state index in [1.165, 1.54) is 6.33 Å². The van der Waals surface area contributed by atoms with Crippen molar-refractivity contribution in [2.45, 2.75) is 13.1 Å². The van der Waals surface area contributed by atoms with Crippen LogP contribution in [-0.2, 0) is 0 Å². The van der Waals surface area contributed by atoms with Crippen molar-refractivity contribution < 1.29 is 0 Å². The first kappa shape index (κ1) is 11.4. The largest absolute Gasteiger partial charge is 0.328 e. The quantitative estimate of drug-likeness (QED) is 0.634. The maximum atomic E-state index is 4.20. The smallest absolute Gasteiger partial charge is 0.227 e. The molecule has 7 heteroatoms. The van der Waals surface area contributed by atoms with Crippen LogP contribution in [0.1, 0.15) is 18.7 Å². The van der Waals surface area contributed by atoms with Gasteiger partial charge in [0.15, 0.2) is 6.17 Å². The van der Waals surface area contributed by atoms with Crippen LogP contribution >= 0.6 is 0 Å². The lowest BCUT2D eigenvalue weighted by Gasteiger charge is -2.21. The Morgan fingerprint density at radius 3 is 3.32 bits per heavy atom. The molecule has 96 valence electrons. The van der Waals surface area contributed by atoms with E-state index in [9.17, 15) is 0 Å². The van der Waals surface area contributed by atoms with E-state index in [1.54, 1.807) is 23.3 Å². The lowest BCUT2D eigenvalue weighted by atomic mass is 10.3. The van der Waals surface area contributed by atoms with Crippen molar-refractivity contribution in [3.8, 4) is 0 Å². The van der Waals surface area contributed by atoms with Crippen LogP contribution in [0.25, 0.3) is 0 Å². The molecule has 1 atom stereocenters. The summed E-state index contributed by atoms with van der Waals surface area (Å²) in [7, 11) is 0. The molecular weight excluding hydrogens is 242 g/mol. The van der Waals surface area contributed by atoms with Gasteiger partial charge in [-0.3, -0.25) is 10.4 Å². The van der Waals surface area contributed by atoms with Crippen molar-refractivity contribution >= 4 is 12.2 Å². The Labute approximate surface area is 110 Å². The van der Waals surface area contributed by atoms with E-state index < -0.39 is 0 Å². The molecule has 3 heterocycles. The van der Waals surface area contributed by atoms with E-state index in [0.29, 0.717) is 5.95 Å². The maximum absolute atomic E-state index is 4.20. The third kappa shape index (κ3) is 2.44. The number of fused-ring (bicyclic) bond motifs is 1. The molecule has 19 heavy (non-hydrogen) atoms. The van der Waals surface area contributed by atoms with Crippen LogP contribution in [0.2, 0.25) is 0 Å². The molecule has 0 amide bonds. The number of hydrogen-bond donors (Lipinski definition) is 2. The molecule has 0 spiro atoms. The van der Waals surface area contributed by atoms with Crippen molar-refractivity contribution in [1.29, 1.82) is 0 Å². The third-order valence-electron chi connectivity index (χ3n) is 2.66. The predicted octanol–water partition coefficient (Wildman–Crippen LogP) is 1.12. The zero-order chi connectivity index (χ0) is 13.1. The first-order valence-corrected chi connectivity index (χ1v) is 5.86. The monoisotopic (exact) mass is 255 g/mol. The van der Waals surface area contributed by atoms with Gasteiger partial charge in [0.2, 0.25) is 5.95 Å². The second-order valence-corrected chi connectivity index (χ2v) is 4.12. The maximum Gasteiger partial charge on any atom is 0.227 e. The number of aromatic nitrogens is 4. The van der Waals surface area contributed by atoms with Gasteiger partial charge in [0.1, 0.15) is 6.33 Å². The molecule has 1 aliphatic heterocycles. The fraction of sp³-hybridized carbons (Fsp3) is 0.167. The lowest BCUT2D eigenvalue weighted by Crippen LogP contribution is -2.27. The molecule has 1 unspecified atom stereocenters. The van der Waals surface area contributed by atoms with Gasteiger partial charge in [0.25, 0.3) is 0 Å². The minimum atomic E-state index is -0.147. The molecule has 2 N–H and O–H groups in total. The second-order valence-electron chi connectivity index (χ2n) is 4.12. The van der Waals surface area contributed by atoms with Crippen molar-refractivity contribution in [2.75, 3.05) is 5.32 Å². The zero-order valence-electron chi connectivity index (χ0n) is 10.4. The van der Waals surface area contributed by atoms with Crippen LogP contribution in [0.15, 0.2) is 47.7 Å². The van der Waals surface area contributed by atoms with Gasteiger partial charge in [-0.1, -0.05) is 6.07 Å². The number of pyridine rings is 1. The van der Waals surface area contributed by atoms with Gasteiger partial charge in [-0.15, -0.1) is 0 Å². The van der Waals surface area contributed by atoms with Crippen LogP contribution < -0.4 is 10.7 Å². The standard InChI is InChI=1S/C12H13N7/c1-9-5-11(19-12(17-9)14-8-16-19)18-15-7-10-3-2-4-13-6-10/h2-8,11,18H,1H3,(H,14,16,17)/b15-7+. The summed E-state index contributed by atoms with van der Waals surface area (Å²) in [5.41, 5.74) is 4.97. The first-order valence-electron chi connectivity index (χ1n) is 5.86. The highest BCUT2D eigenvalue weighted by Crippen LogP contribution is 2.19. The highest BCUT2D eigenvalue weighted by molar-refractivity contribution is 5.78. The minimum Gasteiger partial charge on any atom is -0.328 e. The van der Waals surface area contributed by atoms with E-state index in [-0.39, 0.29) is 6.17 Å². The van der Waals surface area contributed by atoms with Gasteiger partial charge < -0.3 is 5.32 Å². The van der Waals surface area contributed by atoms with Crippen LogP contribution in [0.5, 0.6) is 0 Å². The molecular formula is C12H13N7. The normalized spacial score (nSPS) is 17.7. The summed E-state index contributed by atoms with van der Waals surface area (Å²) >= 11 is 0. The van der Waals surface area contributed by atoms with Gasteiger partial charge in [0, 0.05) is 23.7 Å². The molecule has 1 aliphatic rings. The highest BCUT2D eigenvalue weighted by atomic mass is 15.5. The Bertz CT molecular complexity index is 614. The highest BCUT2D eigenvalue weighted by Gasteiger charge is 2.18. The van der Waals surface area contributed by atoms with Gasteiger partial charge in [0.05, 0.1) is 6.21 Å². The summed E-state index contributed by atoms with van der Waals surface area (Å²) in [5, 5.41) is 11.5. The first-order chi connectivity index (χ1) is 9.33. The molecule has 7 nitrogen and oxygen atoms in total. The van der Waals surface area contributed by atoms with Crippen LogP contribution in [0.3, 0.4) is 0 Å². The Hall–Kier alpha value is -2.70. The van der Waals surface area contributed by atoms with Gasteiger partial charge in [-0.2, -0.15) is 15.2 Å². The summed E-state index contributed by atoms with van der Waals surface area (Å²) in [6.07, 6.45) is 8.54. The number of allylic oxidation sites excluding steroid dienone is 1. The van der Waals surface area contributed by atoms with Crippen molar-refractivity contribution in [3.05, 3.63) is 48.2 Å². The molecule has 2 aromatic heterocycles. The summed E-state index contributed by atoms with van der Waals surface area (Å²) in [6, 6.07) is 3.80. The zero-order valence-corrected chi connectivity index (χ0v) is 10.4. The summed E-state index contributed by atoms with van der Waals surface area (Å²) in [6.45, 7) is 1.97. The number of hydrazone groups is 1. The molecule has 2 aromatic rings. The number of nitrogens with one attached hydrogen (secondary N) is 2. The molecule has 0 saturated carbocycles. The average molecular weight is 255 g/mol. The Morgan fingerprint density at radius 1 is 1.53 bits per heavy atom. The number of rotatable bonds is 3. The lowest BCUT2D eigenvalue weighted by molar-refractivity contribution is 0.451. The van der Waals surface area contributed by atoms with Crippen molar-refractivity contribution in [1.82, 2.24) is 25.2 Å².